The van der Waals surface area contributed by atoms with Gasteiger partial charge in [-0.15, -0.1) is 0 Å². The first-order valence-corrected chi connectivity index (χ1v) is 5.26. The first-order chi connectivity index (χ1) is 6.50. The van der Waals surface area contributed by atoms with Crippen molar-refractivity contribution in [1.82, 2.24) is 4.90 Å². The molecule has 2 nitrogen and oxygen atoms in total. The van der Waals surface area contributed by atoms with E-state index in [-0.39, 0.29) is 4.82 Å². The number of rotatable bonds is 2. The Morgan fingerprint density at radius 3 is 2.64 bits per heavy atom. The summed E-state index contributed by atoms with van der Waals surface area (Å²) in [6.07, 6.45) is 0. The van der Waals surface area contributed by atoms with Crippen LogP contribution >= 0.6 is 15.9 Å². The summed E-state index contributed by atoms with van der Waals surface area (Å²) < 4.78 is 0. The third kappa shape index (κ3) is 2.84. The molecule has 1 amide bonds. The molecule has 0 saturated heterocycles. The molecule has 0 aromatic heterocycles. The molecule has 0 spiro atoms. The quantitative estimate of drug-likeness (QED) is 0.587. The van der Waals surface area contributed by atoms with Crippen molar-refractivity contribution >= 4 is 20.7 Å². The Labute approximate surface area is 93.0 Å². The largest absolute Gasteiger partial charge is 0.332 e. The van der Waals surface area contributed by atoms with Crippen LogP contribution in [0.1, 0.15) is 16.7 Å². The minimum absolute atomic E-state index is 0.0848. The molecule has 0 bridgehead atoms. The highest BCUT2D eigenvalue weighted by Crippen LogP contribution is 2.13. The molecule has 14 heavy (non-hydrogen) atoms. The van der Waals surface area contributed by atoms with Gasteiger partial charge in [0, 0.05) is 29.5 Å². The minimum Gasteiger partial charge on any atom is -0.332 e. The van der Waals surface area contributed by atoms with Crippen molar-refractivity contribution in [3.8, 4) is 0 Å². The lowest BCUT2D eigenvalue weighted by Crippen LogP contribution is -2.20. The summed E-state index contributed by atoms with van der Waals surface area (Å²) in [6, 6.07) is 6.27. The predicted octanol–water partition coefficient (Wildman–Crippen LogP) is 3.25. The Balaban J connectivity index is 2.85. The van der Waals surface area contributed by atoms with Gasteiger partial charge in [0.1, 0.15) is 0 Å². The Morgan fingerprint density at radius 2 is 2.07 bits per heavy atom. The van der Waals surface area contributed by atoms with E-state index in [1.54, 1.807) is 11.9 Å². The summed E-state index contributed by atoms with van der Waals surface area (Å²) in [5.41, 5.74) is 3.64. The molecule has 0 heterocycles. The molecule has 0 aliphatic rings. The maximum atomic E-state index is 11.0. The third-order valence-corrected chi connectivity index (χ3v) is 2.82. The van der Waals surface area contributed by atoms with Crippen LogP contribution in [0.4, 0.5) is 4.79 Å². The lowest BCUT2D eigenvalue weighted by Gasteiger charge is -2.15. The Kier molecular flexibility index (Phi) is 3.69. The van der Waals surface area contributed by atoms with E-state index in [1.165, 1.54) is 16.7 Å². The highest BCUT2D eigenvalue weighted by molar-refractivity contribution is 9.18. The van der Waals surface area contributed by atoms with Crippen molar-refractivity contribution in [2.45, 2.75) is 20.4 Å². The first kappa shape index (κ1) is 11.2. The summed E-state index contributed by atoms with van der Waals surface area (Å²) in [4.78, 5) is 12.5. The van der Waals surface area contributed by atoms with Crippen LogP contribution in [-0.2, 0) is 6.54 Å². The molecule has 1 aromatic carbocycles. The maximum absolute atomic E-state index is 11.0. The second kappa shape index (κ2) is 4.60. The zero-order chi connectivity index (χ0) is 10.7. The normalized spacial score (nSPS) is 10.0. The van der Waals surface area contributed by atoms with Crippen LogP contribution in [0.25, 0.3) is 0 Å². The van der Waals surface area contributed by atoms with Gasteiger partial charge in [-0.25, -0.2) is 0 Å². The molecule has 0 radical (unpaired) electrons. The van der Waals surface area contributed by atoms with Crippen LogP contribution in [0.2, 0.25) is 0 Å². The zero-order valence-corrected chi connectivity index (χ0v) is 10.3. The van der Waals surface area contributed by atoms with Crippen molar-refractivity contribution in [2.75, 3.05) is 7.05 Å². The lowest BCUT2D eigenvalue weighted by atomic mass is 10.1. The van der Waals surface area contributed by atoms with Gasteiger partial charge >= 0.3 is 0 Å². The summed E-state index contributed by atoms with van der Waals surface area (Å²) in [6.45, 7) is 4.76. The first-order valence-electron chi connectivity index (χ1n) is 4.47. The molecule has 1 aromatic rings. The van der Waals surface area contributed by atoms with Gasteiger partial charge < -0.3 is 4.90 Å². The average Bonchev–Trinajstić information content (AvgIpc) is 2.11. The number of hydrogen-bond acceptors (Lipinski definition) is 1. The van der Waals surface area contributed by atoms with E-state index in [2.05, 4.69) is 48.0 Å². The maximum Gasteiger partial charge on any atom is 0.289 e. The van der Waals surface area contributed by atoms with Gasteiger partial charge in [0.25, 0.3) is 4.82 Å². The smallest absolute Gasteiger partial charge is 0.289 e. The summed E-state index contributed by atoms with van der Waals surface area (Å²) >= 11 is 2.93. The molecule has 0 fully saturated rings. The fraction of sp³-hybridized carbons (Fsp3) is 0.364. The number of benzene rings is 1. The Bertz CT molecular complexity index is 349. The molecular weight excluding hydrogens is 242 g/mol. The molecule has 0 saturated carbocycles. The van der Waals surface area contributed by atoms with E-state index in [9.17, 15) is 4.79 Å². The summed E-state index contributed by atoms with van der Waals surface area (Å²) in [7, 11) is 1.78. The summed E-state index contributed by atoms with van der Waals surface area (Å²) in [5, 5.41) is 0. The van der Waals surface area contributed by atoms with Crippen molar-refractivity contribution < 1.29 is 4.79 Å². The number of halogens is 1. The van der Waals surface area contributed by atoms with Crippen molar-refractivity contribution in [3.63, 3.8) is 0 Å². The second-order valence-electron chi connectivity index (χ2n) is 3.54. The van der Waals surface area contributed by atoms with Crippen LogP contribution in [0.3, 0.4) is 0 Å². The monoisotopic (exact) mass is 255 g/mol. The van der Waals surface area contributed by atoms with Crippen molar-refractivity contribution in [2.24, 2.45) is 0 Å². The van der Waals surface area contributed by atoms with E-state index in [1.807, 2.05) is 0 Å². The highest BCUT2D eigenvalue weighted by atomic mass is 79.9. The van der Waals surface area contributed by atoms with Gasteiger partial charge in [-0.1, -0.05) is 23.8 Å². The standard InChI is InChI=1S/C11H14BrNO/c1-8-4-5-9(2)10(6-8)7-13(3)11(12)14/h4-6H,7H2,1-3H3. The van der Waals surface area contributed by atoms with Gasteiger partial charge in [-0.3, -0.25) is 4.79 Å². The van der Waals surface area contributed by atoms with E-state index < -0.39 is 0 Å². The lowest BCUT2D eigenvalue weighted by molar-refractivity contribution is 0.233. The molecule has 0 aliphatic heterocycles. The molecule has 3 heteroatoms. The van der Waals surface area contributed by atoms with Gasteiger partial charge in [-0.2, -0.15) is 0 Å². The van der Waals surface area contributed by atoms with Crippen molar-refractivity contribution in [1.29, 1.82) is 0 Å². The van der Waals surface area contributed by atoms with Crippen molar-refractivity contribution in [3.05, 3.63) is 34.9 Å². The molecule has 0 aliphatic carbocycles. The fourth-order valence-corrected chi connectivity index (χ4v) is 1.41. The highest BCUT2D eigenvalue weighted by Gasteiger charge is 2.06. The van der Waals surface area contributed by atoms with Crippen LogP contribution < -0.4 is 0 Å². The predicted molar refractivity (Wildman–Crippen MR) is 61.7 cm³/mol. The molecule has 0 atom stereocenters. The molecule has 1 rings (SSSR count). The number of carbonyl (C=O) groups is 1. The number of carbonyl (C=O) groups excluding carboxylic acids is 1. The number of nitrogens with zero attached hydrogens (tertiary/aromatic N) is 1. The van der Waals surface area contributed by atoms with Crippen LogP contribution in [-0.4, -0.2) is 16.8 Å². The van der Waals surface area contributed by atoms with E-state index in [4.69, 9.17) is 0 Å². The number of amides is 1. The average molecular weight is 256 g/mol. The van der Waals surface area contributed by atoms with Crippen LogP contribution in [0.5, 0.6) is 0 Å². The molecule has 0 N–H and O–H groups in total. The fourth-order valence-electron chi connectivity index (χ4n) is 1.29. The molecule has 0 unspecified atom stereocenters. The summed E-state index contributed by atoms with van der Waals surface area (Å²) in [5.74, 6) is 0. The second-order valence-corrected chi connectivity index (χ2v) is 4.22. The van der Waals surface area contributed by atoms with E-state index >= 15 is 0 Å². The van der Waals surface area contributed by atoms with E-state index in [0.29, 0.717) is 6.54 Å². The van der Waals surface area contributed by atoms with Gasteiger partial charge in [0.15, 0.2) is 0 Å². The van der Waals surface area contributed by atoms with Gasteiger partial charge in [0.05, 0.1) is 0 Å². The Hall–Kier alpha value is -0.830. The topological polar surface area (TPSA) is 20.3 Å². The Morgan fingerprint density at radius 1 is 1.43 bits per heavy atom. The zero-order valence-electron chi connectivity index (χ0n) is 8.67. The van der Waals surface area contributed by atoms with Gasteiger partial charge in [0.2, 0.25) is 0 Å². The van der Waals surface area contributed by atoms with E-state index in [0.717, 1.165) is 0 Å². The van der Waals surface area contributed by atoms with Crippen LogP contribution in [0.15, 0.2) is 18.2 Å². The molecule has 76 valence electrons. The SMILES string of the molecule is Cc1ccc(C)c(CN(C)C(=O)Br)c1. The van der Waals surface area contributed by atoms with Gasteiger partial charge in [-0.05, 0) is 25.0 Å². The third-order valence-electron chi connectivity index (χ3n) is 2.21. The number of aryl methyl sites for hydroxylation is 2. The molecular formula is C11H14BrNO. The van der Waals surface area contributed by atoms with Crippen LogP contribution in [0, 0.1) is 13.8 Å². The number of hydrogen-bond donors (Lipinski definition) is 0. The minimum atomic E-state index is -0.0848.